The third kappa shape index (κ3) is 13.3. The van der Waals surface area contributed by atoms with Gasteiger partial charge in [0, 0.05) is 42.9 Å². The lowest BCUT2D eigenvalue weighted by molar-refractivity contribution is -0.136. The number of carbonyl (C=O) groups excluding carboxylic acids is 5. The lowest BCUT2D eigenvalue weighted by Gasteiger charge is -2.29. The molecule has 8 N–H and O–H groups in total. The fourth-order valence-electron chi connectivity index (χ4n) is 7.00. The average molecular weight is 780 g/mol. The summed E-state index contributed by atoms with van der Waals surface area (Å²) < 4.78 is 6.12. The van der Waals surface area contributed by atoms with Gasteiger partial charge in [-0.25, -0.2) is 0 Å². The van der Waals surface area contributed by atoms with E-state index in [2.05, 4.69) is 31.6 Å². The van der Waals surface area contributed by atoms with Crippen LogP contribution < -0.4 is 32.3 Å². The molecular formula is C44H57N7O6. The predicted octanol–water partition coefficient (Wildman–Crippen LogP) is 3.71. The summed E-state index contributed by atoms with van der Waals surface area (Å²) in [4.78, 5) is 73.0. The molecule has 0 spiro atoms. The van der Waals surface area contributed by atoms with Crippen LogP contribution in [0.1, 0.15) is 75.0 Å². The van der Waals surface area contributed by atoms with Crippen LogP contribution in [0, 0.1) is 0 Å². The monoisotopic (exact) mass is 779 g/mol. The van der Waals surface area contributed by atoms with Gasteiger partial charge in [0.25, 0.3) is 0 Å². The number of fused-ring (bicyclic) bond motifs is 1. The Bertz CT molecular complexity index is 1900. The molecule has 1 aromatic heterocycles. The van der Waals surface area contributed by atoms with Crippen molar-refractivity contribution in [3.8, 4) is 0 Å². The molecule has 5 atom stereocenters. The van der Waals surface area contributed by atoms with Gasteiger partial charge in [0.2, 0.25) is 29.5 Å². The molecule has 13 nitrogen and oxygen atoms in total. The summed E-state index contributed by atoms with van der Waals surface area (Å²) >= 11 is 0. The number of aromatic nitrogens is 1. The molecule has 4 aromatic rings. The summed E-state index contributed by atoms with van der Waals surface area (Å²) in [5.74, 6) is -2.34. The number of para-hydroxylation sites is 1. The minimum absolute atomic E-state index is 0.0973. The second-order valence-corrected chi connectivity index (χ2v) is 14.7. The fourth-order valence-corrected chi connectivity index (χ4v) is 7.00. The van der Waals surface area contributed by atoms with Crippen molar-refractivity contribution in [2.45, 2.75) is 108 Å². The summed E-state index contributed by atoms with van der Waals surface area (Å²) in [5, 5.41) is 15.5. The van der Waals surface area contributed by atoms with Crippen LogP contribution in [0.5, 0.6) is 0 Å². The van der Waals surface area contributed by atoms with Gasteiger partial charge in [-0.3, -0.25) is 24.0 Å². The van der Waals surface area contributed by atoms with Gasteiger partial charge in [-0.15, -0.1) is 0 Å². The first-order valence-electron chi connectivity index (χ1n) is 20.1. The Morgan fingerprint density at radius 3 is 2.04 bits per heavy atom. The predicted molar refractivity (Wildman–Crippen MR) is 220 cm³/mol. The Labute approximate surface area is 334 Å². The number of ether oxygens (including phenoxy) is 1. The van der Waals surface area contributed by atoms with Crippen LogP contribution in [0.25, 0.3) is 10.9 Å². The quantitative estimate of drug-likeness (QED) is 0.107. The van der Waals surface area contributed by atoms with E-state index in [0.717, 1.165) is 40.4 Å². The largest absolute Gasteiger partial charge is 0.371 e. The second-order valence-electron chi connectivity index (χ2n) is 14.7. The zero-order valence-electron chi connectivity index (χ0n) is 32.8. The number of aromatic amines is 1. The second kappa shape index (κ2) is 22.3. The smallest absolute Gasteiger partial charge is 0.245 e. The third-order valence-corrected chi connectivity index (χ3v) is 10.3. The van der Waals surface area contributed by atoms with Gasteiger partial charge in [-0.05, 0) is 68.3 Å². The van der Waals surface area contributed by atoms with Crippen molar-refractivity contribution in [3.63, 3.8) is 0 Å². The molecular weight excluding hydrogens is 723 g/mol. The maximum absolute atomic E-state index is 14.4. The third-order valence-electron chi connectivity index (χ3n) is 10.3. The van der Waals surface area contributed by atoms with Gasteiger partial charge in [0.1, 0.15) is 24.2 Å². The number of rotatable bonds is 12. The van der Waals surface area contributed by atoms with Gasteiger partial charge in [0.05, 0.1) is 12.7 Å². The summed E-state index contributed by atoms with van der Waals surface area (Å²) in [6.45, 7) is 2.73. The molecule has 0 bridgehead atoms. The molecule has 13 heteroatoms. The summed E-state index contributed by atoms with van der Waals surface area (Å²) in [6.07, 6.45) is 5.76. The molecule has 1 fully saturated rings. The highest BCUT2D eigenvalue weighted by atomic mass is 16.5. The topological polar surface area (TPSA) is 197 Å². The maximum atomic E-state index is 14.4. The molecule has 2 heterocycles. The van der Waals surface area contributed by atoms with Crippen LogP contribution in [0.4, 0.5) is 0 Å². The van der Waals surface area contributed by atoms with E-state index < -0.39 is 53.9 Å². The first-order chi connectivity index (χ1) is 27.7. The van der Waals surface area contributed by atoms with Crippen molar-refractivity contribution in [3.05, 3.63) is 108 Å². The molecule has 304 valence electrons. The molecule has 0 aliphatic carbocycles. The lowest BCUT2D eigenvalue weighted by Crippen LogP contribution is -2.60. The summed E-state index contributed by atoms with van der Waals surface area (Å²) in [6, 6.07) is 22.4. The Hall–Kier alpha value is -5.53. The van der Waals surface area contributed by atoms with E-state index in [1.165, 1.54) is 0 Å². The van der Waals surface area contributed by atoms with E-state index in [9.17, 15) is 24.0 Å². The zero-order valence-corrected chi connectivity index (χ0v) is 32.8. The van der Waals surface area contributed by atoms with Gasteiger partial charge < -0.3 is 42.0 Å². The van der Waals surface area contributed by atoms with Crippen molar-refractivity contribution >= 4 is 40.4 Å². The molecule has 1 unspecified atom stereocenters. The number of nitrogens with one attached hydrogen (secondary N) is 6. The maximum Gasteiger partial charge on any atom is 0.245 e. The number of benzene rings is 3. The van der Waals surface area contributed by atoms with Gasteiger partial charge in [-0.2, -0.15) is 0 Å². The normalized spacial score (nSPS) is 21.4. The van der Waals surface area contributed by atoms with Crippen LogP contribution in [-0.2, 0) is 48.2 Å². The number of amides is 5. The first-order valence-corrected chi connectivity index (χ1v) is 20.1. The van der Waals surface area contributed by atoms with Crippen molar-refractivity contribution in [2.24, 2.45) is 5.73 Å². The summed E-state index contributed by atoms with van der Waals surface area (Å²) in [5.41, 5.74) is 9.23. The number of unbranched alkanes of at least 4 members (excludes halogenated alkanes) is 1. The Kier molecular flexibility index (Phi) is 16.6. The molecule has 57 heavy (non-hydrogen) atoms. The standard InChI is InChI=1S/C44H57N7O6/c1-30(57-29-32-18-8-5-9-19-32)40-44(56)46-25-15-3-2-10-23-39(52)48-37(26-31-16-6-4-7-17-31)42(54)50-38(27-33-28-47-35-21-12-11-20-34(33)35)43(55)49-36(41(53)51-40)22-13-14-24-45/h4-9,11-12,16-21,28,30,36-38,40,47H,2-3,10,13-15,22-27,29,45H2,1H3,(H,46,56)(H,48,52)(H,49,55)(H,50,54)(H,51,53)/t30?,36-,37-,38+,40-/m0/s1. The Morgan fingerprint density at radius 1 is 0.667 bits per heavy atom. The van der Waals surface area contributed by atoms with Crippen LogP contribution in [0.3, 0.4) is 0 Å². The SMILES string of the molecule is CC(OCc1ccccc1)[C@@H]1NC(=O)[C@H](CCCCN)NC(=O)[C@@H](Cc2c[nH]c3ccccc23)NC(=O)[C@H](Cc2ccccc2)NC(=O)CCCCCCNC1=O. The Morgan fingerprint density at radius 2 is 1.30 bits per heavy atom. The zero-order chi connectivity index (χ0) is 40.4. The molecule has 0 radical (unpaired) electrons. The average Bonchev–Trinajstić information content (AvgIpc) is 3.63. The van der Waals surface area contributed by atoms with E-state index in [4.69, 9.17) is 10.5 Å². The number of hydrogen-bond donors (Lipinski definition) is 7. The van der Waals surface area contributed by atoms with Crippen LogP contribution in [0.2, 0.25) is 0 Å². The van der Waals surface area contributed by atoms with Crippen molar-refractivity contribution < 1.29 is 28.7 Å². The molecule has 5 rings (SSSR count). The van der Waals surface area contributed by atoms with E-state index in [1.807, 2.05) is 84.9 Å². The molecule has 1 aliphatic heterocycles. The van der Waals surface area contributed by atoms with Gasteiger partial charge in [-0.1, -0.05) is 91.7 Å². The van der Waals surface area contributed by atoms with Crippen molar-refractivity contribution in [2.75, 3.05) is 13.1 Å². The van der Waals surface area contributed by atoms with Gasteiger partial charge >= 0.3 is 0 Å². The highest BCUT2D eigenvalue weighted by molar-refractivity contribution is 5.96. The number of nitrogens with two attached hydrogens (primary N) is 1. The van der Waals surface area contributed by atoms with Crippen LogP contribution >= 0.6 is 0 Å². The minimum atomic E-state index is -1.13. The van der Waals surface area contributed by atoms with E-state index in [0.29, 0.717) is 38.8 Å². The van der Waals surface area contributed by atoms with Crippen molar-refractivity contribution in [1.29, 1.82) is 0 Å². The highest BCUT2D eigenvalue weighted by Gasteiger charge is 2.34. The molecule has 5 amide bonds. The molecule has 3 aromatic carbocycles. The number of carbonyl (C=O) groups is 5. The fraction of sp³-hybridized carbons (Fsp3) is 0.432. The van der Waals surface area contributed by atoms with Crippen LogP contribution in [0.15, 0.2) is 91.1 Å². The summed E-state index contributed by atoms with van der Waals surface area (Å²) in [7, 11) is 0. The van der Waals surface area contributed by atoms with E-state index in [-0.39, 0.29) is 38.2 Å². The molecule has 1 aliphatic rings. The number of hydrogen-bond acceptors (Lipinski definition) is 7. The lowest BCUT2D eigenvalue weighted by atomic mass is 10.0. The van der Waals surface area contributed by atoms with Crippen LogP contribution in [-0.4, -0.2) is 77.9 Å². The van der Waals surface area contributed by atoms with Gasteiger partial charge in [0.15, 0.2) is 0 Å². The highest BCUT2D eigenvalue weighted by Crippen LogP contribution is 2.20. The molecule has 0 saturated carbocycles. The number of H-pyrrole nitrogens is 1. The van der Waals surface area contributed by atoms with E-state index >= 15 is 0 Å². The van der Waals surface area contributed by atoms with E-state index in [1.54, 1.807) is 13.1 Å². The molecule has 1 saturated heterocycles. The Balaban J connectivity index is 1.45. The minimum Gasteiger partial charge on any atom is -0.371 e. The first kappa shape index (κ1) is 42.6. The van der Waals surface area contributed by atoms with Crippen molar-refractivity contribution in [1.82, 2.24) is 31.6 Å².